The van der Waals surface area contributed by atoms with Crippen molar-refractivity contribution in [2.24, 2.45) is 0 Å². The maximum atomic E-state index is 6.21. The van der Waals surface area contributed by atoms with Crippen LogP contribution in [0.2, 0.25) is 5.15 Å². The molecule has 88 valence electrons. The lowest BCUT2D eigenvalue weighted by molar-refractivity contribution is 1.21. The molecule has 0 saturated carbocycles. The van der Waals surface area contributed by atoms with Gasteiger partial charge in [0.1, 0.15) is 5.15 Å². The van der Waals surface area contributed by atoms with E-state index in [2.05, 4.69) is 37.5 Å². The second-order valence-corrected chi connectivity index (χ2v) is 5.23. The molecule has 0 aliphatic rings. The molecule has 18 heavy (non-hydrogen) atoms. The Bertz CT molecular complexity index is 716. The molecular formula is C13H7ClIN3. The first kappa shape index (κ1) is 11.8. The van der Waals surface area contributed by atoms with E-state index in [4.69, 9.17) is 11.6 Å². The molecule has 0 radical (unpaired) electrons. The lowest BCUT2D eigenvalue weighted by Crippen LogP contribution is -1.93. The summed E-state index contributed by atoms with van der Waals surface area (Å²) in [5, 5.41) is 1.35. The number of para-hydroxylation sites is 1. The highest BCUT2D eigenvalue weighted by atomic mass is 127. The molecule has 0 fully saturated rings. The first-order valence-electron chi connectivity index (χ1n) is 5.28. The first-order valence-corrected chi connectivity index (χ1v) is 6.73. The van der Waals surface area contributed by atoms with Crippen molar-refractivity contribution in [3.63, 3.8) is 0 Å². The molecule has 1 aromatic carbocycles. The normalized spacial score (nSPS) is 10.8. The van der Waals surface area contributed by atoms with E-state index in [1.54, 1.807) is 12.4 Å². The Morgan fingerprint density at radius 2 is 1.78 bits per heavy atom. The molecule has 0 aliphatic carbocycles. The summed E-state index contributed by atoms with van der Waals surface area (Å²) < 4.78 is 1.06. The number of halogens is 2. The molecule has 2 aromatic heterocycles. The number of rotatable bonds is 1. The average Bonchev–Trinajstić information content (AvgIpc) is 2.41. The van der Waals surface area contributed by atoms with Gasteiger partial charge < -0.3 is 0 Å². The minimum absolute atomic E-state index is 0.477. The van der Waals surface area contributed by atoms with Crippen molar-refractivity contribution < 1.29 is 0 Å². The zero-order valence-corrected chi connectivity index (χ0v) is 12.1. The number of hydrogen-bond donors (Lipinski definition) is 0. The van der Waals surface area contributed by atoms with Crippen LogP contribution < -0.4 is 0 Å². The summed E-state index contributed by atoms with van der Waals surface area (Å²) in [4.78, 5) is 12.9. The van der Waals surface area contributed by atoms with Gasteiger partial charge >= 0.3 is 0 Å². The molecule has 3 rings (SSSR count). The van der Waals surface area contributed by atoms with E-state index in [0.717, 1.165) is 20.0 Å². The van der Waals surface area contributed by atoms with Crippen LogP contribution in [0.15, 0.2) is 42.7 Å². The second kappa shape index (κ2) is 4.78. The first-order chi connectivity index (χ1) is 8.75. The SMILES string of the molecule is Clc1nc(-c2ccncc2)nc2c(I)cccc12. The zero-order valence-electron chi connectivity index (χ0n) is 9.14. The van der Waals surface area contributed by atoms with Crippen molar-refractivity contribution in [1.82, 2.24) is 15.0 Å². The Morgan fingerprint density at radius 1 is 1.00 bits per heavy atom. The molecule has 5 heteroatoms. The van der Waals surface area contributed by atoms with Gasteiger partial charge in [0, 0.05) is 26.9 Å². The average molecular weight is 368 g/mol. The van der Waals surface area contributed by atoms with Gasteiger partial charge in [0.25, 0.3) is 0 Å². The van der Waals surface area contributed by atoms with Gasteiger partial charge in [-0.3, -0.25) is 4.98 Å². The monoisotopic (exact) mass is 367 g/mol. The minimum atomic E-state index is 0.477. The molecule has 0 saturated heterocycles. The third kappa shape index (κ3) is 2.06. The molecule has 0 bridgehead atoms. The van der Waals surface area contributed by atoms with E-state index in [-0.39, 0.29) is 0 Å². The Labute approximate surface area is 122 Å². The Balaban J connectivity index is 2.31. The van der Waals surface area contributed by atoms with E-state index in [9.17, 15) is 0 Å². The maximum absolute atomic E-state index is 6.21. The molecule has 0 aliphatic heterocycles. The van der Waals surface area contributed by atoms with Crippen molar-refractivity contribution in [3.05, 3.63) is 51.4 Å². The second-order valence-electron chi connectivity index (χ2n) is 3.71. The Hall–Kier alpha value is -1.27. The van der Waals surface area contributed by atoms with Crippen LogP contribution in [0.3, 0.4) is 0 Å². The Kier molecular flexibility index (Phi) is 3.13. The van der Waals surface area contributed by atoms with Crippen LogP contribution in [0.1, 0.15) is 0 Å². The fraction of sp³-hybridized carbons (Fsp3) is 0. The van der Waals surface area contributed by atoms with Crippen LogP contribution in [0.5, 0.6) is 0 Å². The van der Waals surface area contributed by atoms with Gasteiger partial charge in [0.15, 0.2) is 5.82 Å². The predicted octanol–water partition coefficient (Wildman–Crippen LogP) is 3.95. The highest BCUT2D eigenvalue weighted by molar-refractivity contribution is 14.1. The molecule has 0 amide bonds. The van der Waals surface area contributed by atoms with Crippen molar-refractivity contribution in [2.75, 3.05) is 0 Å². The molecule has 0 N–H and O–H groups in total. The number of aromatic nitrogens is 3. The Morgan fingerprint density at radius 3 is 2.56 bits per heavy atom. The third-order valence-corrected chi connectivity index (χ3v) is 3.73. The van der Waals surface area contributed by atoms with Crippen molar-refractivity contribution in [3.8, 4) is 11.4 Å². The van der Waals surface area contributed by atoms with Crippen LogP contribution in [0, 0.1) is 3.57 Å². The van der Waals surface area contributed by atoms with Gasteiger partial charge in [-0.2, -0.15) is 0 Å². The van der Waals surface area contributed by atoms with Gasteiger partial charge in [-0.05, 0) is 46.9 Å². The van der Waals surface area contributed by atoms with Gasteiger partial charge in [-0.1, -0.05) is 17.7 Å². The van der Waals surface area contributed by atoms with Crippen molar-refractivity contribution in [1.29, 1.82) is 0 Å². The van der Waals surface area contributed by atoms with E-state index in [1.807, 2.05) is 30.3 Å². The standard InChI is InChI=1S/C13H7ClIN3/c14-12-9-2-1-3-10(15)11(9)17-13(18-12)8-4-6-16-7-5-8/h1-7H. The number of pyridine rings is 1. The molecule has 3 aromatic rings. The summed E-state index contributed by atoms with van der Waals surface area (Å²) in [7, 11) is 0. The summed E-state index contributed by atoms with van der Waals surface area (Å²) in [6.45, 7) is 0. The third-order valence-electron chi connectivity index (χ3n) is 2.57. The van der Waals surface area contributed by atoms with Gasteiger partial charge in [0.2, 0.25) is 0 Å². The molecule has 0 spiro atoms. The molecule has 3 nitrogen and oxygen atoms in total. The van der Waals surface area contributed by atoms with E-state index in [0.29, 0.717) is 11.0 Å². The summed E-state index contributed by atoms with van der Waals surface area (Å²) in [5.41, 5.74) is 1.79. The summed E-state index contributed by atoms with van der Waals surface area (Å²) in [6, 6.07) is 9.62. The number of benzene rings is 1. The fourth-order valence-electron chi connectivity index (χ4n) is 1.71. The lowest BCUT2D eigenvalue weighted by Gasteiger charge is -2.05. The van der Waals surface area contributed by atoms with E-state index >= 15 is 0 Å². The minimum Gasteiger partial charge on any atom is -0.265 e. The van der Waals surface area contributed by atoms with Gasteiger partial charge in [-0.25, -0.2) is 9.97 Å². The number of nitrogens with zero attached hydrogens (tertiary/aromatic N) is 3. The molecule has 2 heterocycles. The maximum Gasteiger partial charge on any atom is 0.161 e. The highest BCUT2D eigenvalue weighted by Gasteiger charge is 2.09. The van der Waals surface area contributed by atoms with E-state index in [1.165, 1.54) is 0 Å². The highest BCUT2D eigenvalue weighted by Crippen LogP contribution is 2.27. The number of hydrogen-bond acceptors (Lipinski definition) is 3. The van der Waals surface area contributed by atoms with Gasteiger partial charge in [0.05, 0.1) is 5.52 Å². The lowest BCUT2D eigenvalue weighted by atomic mass is 10.2. The molecule has 0 unspecified atom stereocenters. The molecule has 0 atom stereocenters. The van der Waals surface area contributed by atoms with Crippen molar-refractivity contribution in [2.45, 2.75) is 0 Å². The predicted molar refractivity (Wildman–Crippen MR) is 80.5 cm³/mol. The zero-order chi connectivity index (χ0) is 12.5. The van der Waals surface area contributed by atoms with Crippen LogP contribution >= 0.6 is 34.2 Å². The fourth-order valence-corrected chi connectivity index (χ4v) is 2.56. The van der Waals surface area contributed by atoms with Crippen LogP contribution in [-0.2, 0) is 0 Å². The topological polar surface area (TPSA) is 38.7 Å². The van der Waals surface area contributed by atoms with Crippen LogP contribution in [0.25, 0.3) is 22.3 Å². The molecular weight excluding hydrogens is 361 g/mol. The van der Waals surface area contributed by atoms with E-state index < -0.39 is 0 Å². The largest absolute Gasteiger partial charge is 0.265 e. The number of fused-ring (bicyclic) bond motifs is 1. The smallest absolute Gasteiger partial charge is 0.161 e. The quantitative estimate of drug-likeness (QED) is 0.483. The van der Waals surface area contributed by atoms with Crippen LogP contribution in [-0.4, -0.2) is 15.0 Å². The van der Waals surface area contributed by atoms with Crippen molar-refractivity contribution >= 4 is 45.1 Å². The summed E-state index contributed by atoms with van der Waals surface area (Å²) in [6.07, 6.45) is 3.43. The summed E-state index contributed by atoms with van der Waals surface area (Å²) in [5.74, 6) is 0.624. The summed E-state index contributed by atoms with van der Waals surface area (Å²) >= 11 is 8.46. The van der Waals surface area contributed by atoms with Crippen LogP contribution in [0.4, 0.5) is 0 Å². The van der Waals surface area contributed by atoms with Gasteiger partial charge in [-0.15, -0.1) is 0 Å².